The SMILES string of the molecule is CCCn1c(=O)c2c(nc3n2[C@@H](C)C(C)=NN3Cc2ccccc2)n(C)c1=O. The van der Waals surface area contributed by atoms with Crippen molar-refractivity contribution in [3.63, 3.8) is 0 Å². The Labute approximate surface area is 162 Å². The molecule has 1 aliphatic rings. The van der Waals surface area contributed by atoms with Crippen LogP contribution in [0.5, 0.6) is 0 Å². The summed E-state index contributed by atoms with van der Waals surface area (Å²) < 4.78 is 4.67. The molecule has 0 unspecified atom stereocenters. The molecule has 8 heteroatoms. The number of aromatic nitrogens is 4. The molecule has 0 fully saturated rings. The monoisotopic (exact) mass is 380 g/mol. The Morgan fingerprint density at radius 2 is 1.86 bits per heavy atom. The van der Waals surface area contributed by atoms with Gasteiger partial charge in [0.1, 0.15) is 0 Å². The first kappa shape index (κ1) is 18.2. The first-order valence-corrected chi connectivity index (χ1v) is 9.52. The lowest BCUT2D eigenvalue weighted by atomic mass is 10.2. The number of hydrazone groups is 1. The van der Waals surface area contributed by atoms with Crippen LogP contribution in [-0.2, 0) is 20.1 Å². The van der Waals surface area contributed by atoms with Crippen molar-refractivity contribution in [1.29, 1.82) is 0 Å². The number of anilines is 1. The topological polar surface area (TPSA) is 77.4 Å². The van der Waals surface area contributed by atoms with E-state index >= 15 is 0 Å². The third-order valence-electron chi connectivity index (χ3n) is 5.28. The maximum atomic E-state index is 13.2. The standard InChI is InChI=1S/C20H24N6O2/c1-5-11-24-18(27)16-17(23(4)20(24)28)21-19-25(12-15-9-7-6-8-10-15)22-13(2)14(3)26(16)19/h6-10,14H,5,11-12H2,1-4H3/t14-/m0/s1. The molecule has 1 atom stereocenters. The minimum atomic E-state index is -0.338. The molecule has 0 spiro atoms. The number of aryl methyl sites for hydroxylation is 1. The van der Waals surface area contributed by atoms with Crippen LogP contribution < -0.4 is 16.3 Å². The molecular formula is C20H24N6O2. The van der Waals surface area contributed by atoms with Gasteiger partial charge >= 0.3 is 5.69 Å². The Kier molecular flexibility index (Phi) is 4.41. The number of hydrogen-bond acceptors (Lipinski definition) is 5. The van der Waals surface area contributed by atoms with E-state index < -0.39 is 0 Å². The predicted octanol–water partition coefficient (Wildman–Crippen LogP) is 2.26. The van der Waals surface area contributed by atoms with Gasteiger partial charge in [-0.15, -0.1) is 0 Å². The summed E-state index contributed by atoms with van der Waals surface area (Å²) in [6.07, 6.45) is 0.706. The van der Waals surface area contributed by atoms with Gasteiger partial charge in [0.25, 0.3) is 5.56 Å². The van der Waals surface area contributed by atoms with Gasteiger partial charge in [-0.25, -0.2) is 9.80 Å². The first-order valence-electron chi connectivity index (χ1n) is 9.52. The quantitative estimate of drug-likeness (QED) is 0.696. The van der Waals surface area contributed by atoms with Crippen LogP contribution in [0.4, 0.5) is 5.95 Å². The third-order valence-corrected chi connectivity index (χ3v) is 5.28. The summed E-state index contributed by atoms with van der Waals surface area (Å²) >= 11 is 0. The average molecular weight is 380 g/mol. The predicted molar refractivity (Wildman–Crippen MR) is 110 cm³/mol. The molecular weight excluding hydrogens is 356 g/mol. The van der Waals surface area contributed by atoms with Gasteiger partial charge < -0.3 is 0 Å². The molecule has 0 N–H and O–H groups in total. The lowest BCUT2D eigenvalue weighted by Crippen LogP contribution is -2.40. The molecule has 0 aliphatic carbocycles. The van der Waals surface area contributed by atoms with E-state index in [0.717, 1.165) is 11.3 Å². The van der Waals surface area contributed by atoms with Gasteiger partial charge in [0.05, 0.1) is 18.3 Å². The Hall–Kier alpha value is -3.16. The lowest BCUT2D eigenvalue weighted by molar-refractivity contribution is 0.586. The van der Waals surface area contributed by atoms with E-state index in [2.05, 4.69) is 4.98 Å². The molecule has 0 bridgehead atoms. The minimum Gasteiger partial charge on any atom is -0.294 e. The zero-order valence-electron chi connectivity index (χ0n) is 16.6. The normalized spacial score (nSPS) is 16.4. The molecule has 3 aromatic rings. The van der Waals surface area contributed by atoms with Gasteiger partial charge in [0, 0.05) is 13.6 Å². The molecule has 1 aromatic carbocycles. The number of fused-ring (bicyclic) bond motifs is 3. The van der Waals surface area contributed by atoms with Crippen molar-refractivity contribution in [1.82, 2.24) is 18.7 Å². The fraction of sp³-hybridized carbons (Fsp3) is 0.400. The largest absolute Gasteiger partial charge is 0.332 e. The first-order chi connectivity index (χ1) is 13.4. The summed E-state index contributed by atoms with van der Waals surface area (Å²) in [6.45, 7) is 6.81. The van der Waals surface area contributed by atoms with Crippen LogP contribution in [0.2, 0.25) is 0 Å². The summed E-state index contributed by atoms with van der Waals surface area (Å²) in [5.74, 6) is 0.582. The highest BCUT2D eigenvalue weighted by atomic mass is 16.2. The van der Waals surface area contributed by atoms with E-state index in [-0.39, 0.29) is 17.3 Å². The second-order valence-electron chi connectivity index (χ2n) is 7.21. The van der Waals surface area contributed by atoms with Crippen LogP contribution >= 0.6 is 0 Å². The van der Waals surface area contributed by atoms with Crippen LogP contribution in [-0.4, -0.2) is 24.4 Å². The van der Waals surface area contributed by atoms with E-state index in [0.29, 0.717) is 36.6 Å². The van der Waals surface area contributed by atoms with Gasteiger partial charge in [-0.3, -0.25) is 18.5 Å². The van der Waals surface area contributed by atoms with Crippen molar-refractivity contribution in [3.05, 3.63) is 56.7 Å². The molecule has 146 valence electrons. The van der Waals surface area contributed by atoms with E-state index in [1.807, 2.05) is 55.7 Å². The summed E-state index contributed by atoms with van der Waals surface area (Å²) in [5, 5.41) is 6.51. The smallest absolute Gasteiger partial charge is 0.294 e. The van der Waals surface area contributed by atoms with Crippen molar-refractivity contribution in [2.24, 2.45) is 12.1 Å². The molecule has 2 aromatic heterocycles. The van der Waals surface area contributed by atoms with Crippen molar-refractivity contribution in [3.8, 4) is 0 Å². The lowest BCUT2D eigenvalue weighted by Gasteiger charge is -2.29. The second kappa shape index (κ2) is 6.78. The van der Waals surface area contributed by atoms with Crippen molar-refractivity contribution >= 4 is 22.8 Å². The number of rotatable bonds is 4. The Balaban J connectivity index is 1.97. The van der Waals surface area contributed by atoms with Gasteiger partial charge in [0.15, 0.2) is 11.2 Å². The number of imidazole rings is 1. The molecule has 28 heavy (non-hydrogen) atoms. The molecule has 0 radical (unpaired) electrons. The molecule has 3 heterocycles. The zero-order chi connectivity index (χ0) is 20.0. The maximum Gasteiger partial charge on any atom is 0.332 e. The van der Waals surface area contributed by atoms with E-state index in [9.17, 15) is 9.59 Å². The Bertz CT molecular complexity index is 1190. The summed E-state index contributed by atoms with van der Waals surface area (Å²) in [4.78, 5) is 30.5. The number of benzene rings is 1. The van der Waals surface area contributed by atoms with E-state index in [4.69, 9.17) is 5.10 Å². The maximum absolute atomic E-state index is 13.2. The van der Waals surface area contributed by atoms with Crippen molar-refractivity contribution in [2.45, 2.75) is 46.3 Å². The molecule has 1 aliphatic heterocycles. The van der Waals surface area contributed by atoms with Crippen molar-refractivity contribution < 1.29 is 0 Å². The molecule has 4 rings (SSSR count). The van der Waals surface area contributed by atoms with Gasteiger partial charge in [-0.2, -0.15) is 10.1 Å². The average Bonchev–Trinajstić information content (AvgIpc) is 3.10. The van der Waals surface area contributed by atoms with Gasteiger partial charge in [-0.1, -0.05) is 37.3 Å². The second-order valence-corrected chi connectivity index (χ2v) is 7.21. The summed E-state index contributed by atoms with van der Waals surface area (Å²) in [6, 6.07) is 9.87. The Morgan fingerprint density at radius 1 is 1.14 bits per heavy atom. The van der Waals surface area contributed by atoms with Crippen LogP contribution in [0.25, 0.3) is 11.2 Å². The number of nitrogens with zero attached hydrogens (tertiary/aromatic N) is 6. The van der Waals surface area contributed by atoms with Gasteiger partial charge in [-0.05, 0) is 25.8 Å². The van der Waals surface area contributed by atoms with Crippen LogP contribution in [0, 0.1) is 0 Å². The Morgan fingerprint density at radius 3 is 2.54 bits per heavy atom. The van der Waals surface area contributed by atoms with Crippen LogP contribution in [0.1, 0.15) is 38.8 Å². The fourth-order valence-electron chi connectivity index (χ4n) is 3.67. The summed E-state index contributed by atoms with van der Waals surface area (Å²) in [5.41, 5.74) is 2.19. The highest BCUT2D eigenvalue weighted by Crippen LogP contribution is 2.30. The van der Waals surface area contributed by atoms with E-state index in [1.165, 1.54) is 9.13 Å². The number of hydrogen-bond donors (Lipinski definition) is 0. The fourth-order valence-corrected chi connectivity index (χ4v) is 3.67. The van der Waals surface area contributed by atoms with E-state index in [1.54, 1.807) is 12.1 Å². The van der Waals surface area contributed by atoms with Crippen LogP contribution in [0.15, 0.2) is 45.0 Å². The minimum absolute atomic E-state index is 0.118. The third kappa shape index (κ3) is 2.67. The highest BCUT2D eigenvalue weighted by molar-refractivity contribution is 5.91. The van der Waals surface area contributed by atoms with Crippen LogP contribution in [0.3, 0.4) is 0 Å². The molecule has 8 nitrogen and oxygen atoms in total. The molecule has 0 saturated heterocycles. The van der Waals surface area contributed by atoms with Gasteiger partial charge in [0.2, 0.25) is 5.95 Å². The molecule has 0 amide bonds. The zero-order valence-corrected chi connectivity index (χ0v) is 16.6. The highest BCUT2D eigenvalue weighted by Gasteiger charge is 2.30. The summed E-state index contributed by atoms with van der Waals surface area (Å²) in [7, 11) is 1.66. The molecule has 0 saturated carbocycles. The van der Waals surface area contributed by atoms with Crippen molar-refractivity contribution in [2.75, 3.05) is 5.01 Å².